The van der Waals surface area contributed by atoms with Gasteiger partial charge in [-0.15, -0.1) is 0 Å². The number of benzene rings is 3. The molecule has 0 radical (unpaired) electrons. The van der Waals surface area contributed by atoms with Gasteiger partial charge in [0.05, 0.1) is 5.69 Å². The number of allylic oxidation sites excluding steroid dienone is 1. The molecule has 0 spiro atoms. The van der Waals surface area contributed by atoms with Crippen molar-refractivity contribution >= 4 is 29.0 Å². The highest BCUT2D eigenvalue weighted by atomic mass is 16.5. The van der Waals surface area contributed by atoms with Gasteiger partial charge in [0.25, 0.3) is 0 Å². The van der Waals surface area contributed by atoms with Crippen LogP contribution < -0.4 is 16.6 Å². The number of nitrogens with zero attached hydrogens (tertiary/aromatic N) is 1. The molecule has 4 aromatic rings. The van der Waals surface area contributed by atoms with Crippen LogP contribution in [0.5, 0.6) is 0 Å². The van der Waals surface area contributed by atoms with E-state index in [1.54, 1.807) is 6.08 Å². The number of H-pyrrole nitrogens is 1. The summed E-state index contributed by atoms with van der Waals surface area (Å²) < 4.78 is 4.54. The lowest BCUT2D eigenvalue weighted by atomic mass is 9.87. The van der Waals surface area contributed by atoms with Crippen molar-refractivity contribution in [3.63, 3.8) is 0 Å². The fourth-order valence-electron chi connectivity index (χ4n) is 4.18. The minimum Gasteiger partial charge on any atom is -0.321 e. The first kappa shape index (κ1) is 20.7. The van der Waals surface area contributed by atoms with Crippen LogP contribution in [-0.4, -0.2) is 10.1 Å². The first-order chi connectivity index (χ1) is 16.2. The molecule has 1 aliphatic rings. The average molecular weight is 437 g/mol. The molecule has 1 aromatic heterocycles. The van der Waals surface area contributed by atoms with Crippen molar-refractivity contribution in [3.05, 3.63) is 117 Å². The molecule has 0 fully saturated rings. The van der Waals surface area contributed by atoms with Gasteiger partial charge in [0.2, 0.25) is 0 Å². The van der Waals surface area contributed by atoms with E-state index in [-0.39, 0.29) is 0 Å². The largest absolute Gasteiger partial charge is 0.439 e. The SMILES string of the molecule is CC/C(=C(/c1ccc(/C=C/c2noc(=O)[nH]2)cc1)c1ccc2c(c1)CNN2)c1ccccc1. The summed E-state index contributed by atoms with van der Waals surface area (Å²) in [6, 6.07) is 25.6. The highest BCUT2D eigenvalue weighted by molar-refractivity contribution is 5.99. The fraction of sp³-hybridized carbons (Fsp3) is 0.111. The molecule has 0 atom stereocenters. The zero-order valence-electron chi connectivity index (χ0n) is 18.3. The highest BCUT2D eigenvalue weighted by Crippen LogP contribution is 2.36. The van der Waals surface area contributed by atoms with Crippen LogP contribution in [0.2, 0.25) is 0 Å². The molecular weight excluding hydrogens is 412 g/mol. The second-order valence-electron chi connectivity index (χ2n) is 7.86. The zero-order valence-corrected chi connectivity index (χ0v) is 18.3. The van der Waals surface area contributed by atoms with Crippen LogP contribution in [0, 0.1) is 0 Å². The number of aromatic nitrogens is 2. The van der Waals surface area contributed by atoms with Crippen LogP contribution in [0.15, 0.2) is 82.1 Å². The Labute approximate surface area is 191 Å². The molecule has 3 N–H and O–H groups in total. The summed E-state index contributed by atoms with van der Waals surface area (Å²) in [6.45, 7) is 3.01. The molecule has 5 rings (SSSR count). The van der Waals surface area contributed by atoms with E-state index in [9.17, 15) is 4.79 Å². The lowest BCUT2D eigenvalue weighted by Gasteiger charge is -2.17. The molecule has 33 heavy (non-hydrogen) atoms. The maximum Gasteiger partial charge on any atom is 0.439 e. The van der Waals surface area contributed by atoms with E-state index in [2.05, 4.69) is 99.2 Å². The van der Waals surface area contributed by atoms with Gasteiger partial charge in [-0.3, -0.25) is 9.51 Å². The quantitative estimate of drug-likeness (QED) is 0.356. The van der Waals surface area contributed by atoms with Crippen LogP contribution in [-0.2, 0) is 6.54 Å². The number of hydrogen-bond donors (Lipinski definition) is 3. The van der Waals surface area contributed by atoms with E-state index in [1.165, 1.54) is 27.8 Å². The first-order valence-electron chi connectivity index (χ1n) is 11.0. The summed E-state index contributed by atoms with van der Waals surface area (Å²) in [7, 11) is 0. The van der Waals surface area contributed by atoms with E-state index < -0.39 is 5.76 Å². The number of anilines is 1. The molecule has 6 nitrogen and oxygen atoms in total. The fourth-order valence-corrected chi connectivity index (χ4v) is 4.18. The molecule has 0 aliphatic carbocycles. The number of hydrogen-bond acceptors (Lipinski definition) is 5. The Bertz CT molecular complexity index is 1380. The van der Waals surface area contributed by atoms with Crippen molar-refractivity contribution in [3.8, 4) is 0 Å². The molecule has 0 amide bonds. The Balaban J connectivity index is 1.58. The van der Waals surface area contributed by atoms with Gasteiger partial charge in [0, 0.05) is 6.54 Å². The van der Waals surface area contributed by atoms with Crippen LogP contribution in [0.25, 0.3) is 23.3 Å². The summed E-state index contributed by atoms with van der Waals surface area (Å²) in [4.78, 5) is 13.6. The highest BCUT2D eigenvalue weighted by Gasteiger charge is 2.16. The third-order valence-electron chi connectivity index (χ3n) is 5.76. The van der Waals surface area contributed by atoms with Crippen LogP contribution in [0.4, 0.5) is 5.69 Å². The second-order valence-corrected chi connectivity index (χ2v) is 7.86. The standard InChI is InChI=1S/C27H24N4O2/c1-2-23(19-6-4-3-5-7-19)26(21-13-14-24-22(16-21)17-28-30-24)20-11-8-18(9-12-20)10-15-25-29-27(32)33-31-25/h3-16,28,30H,2,17H2,1H3,(H,29,31,32)/b15-10+,26-23+. The average Bonchev–Trinajstić information content (AvgIpc) is 3.50. The Kier molecular flexibility index (Phi) is 5.74. The van der Waals surface area contributed by atoms with Crippen LogP contribution in [0.3, 0.4) is 0 Å². The van der Waals surface area contributed by atoms with Crippen molar-refractivity contribution in [1.29, 1.82) is 0 Å². The monoisotopic (exact) mass is 436 g/mol. The molecule has 164 valence electrons. The van der Waals surface area contributed by atoms with Crippen molar-refractivity contribution in [2.75, 3.05) is 5.43 Å². The second kappa shape index (κ2) is 9.14. The van der Waals surface area contributed by atoms with Gasteiger partial charge in [0.15, 0.2) is 5.82 Å². The molecule has 6 heteroatoms. The Morgan fingerprint density at radius 2 is 1.76 bits per heavy atom. The van der Waals surface area contributed by atoms with Gasteiger partial charge in [-0.2, -0.15) is 0 Å². The van der Waals surface area contributed by atoms with Crippen LogP contribution >= 0.6 is 0 Å². The molecule has 0 saturated heterocycles. The summed E-state index contributed by atoms with van der Waals surface area (Å²) in [6.07, 6.45) is 4.53. The summed E-state index contributed by atoms with van der Waals surface area (Å²) in [5.74, 6) is -0.171. The number of rotatable bonds is 6. The lowest BCUT2D eigenvalue weighted by Crippen LogP contribution is -2.10. The Morgan fingerprint density at radius 3 is 2.48 bits per heavy atom. The van der Waals surface area contributed by atoms with Gasteiger partial charge in [-0.1, -0.05) is 78.8 Å². The summed E-state index contributed by atoms with van der Waals surface area (Å²) in [5, 5.41) is 3.67. The summed E-state index contributed by atoms with van der Waals surface area (Å²) >= 11 is 0. The third kappa shape index (κ3) is 4.42. The van der Waals surface area contributed by atoms with Crippen molar-refractivity contribution in [2.24, 2.45) is 0 Å². The van der Waals surface area contributed by atoms with E-state index in [0.717, 1.165) is 29.8 Å². The Hall–Kier alpha value is -4.16. The van der Waals surface area contributed by atoms with Gasteiger partial charge in [-0.05, 0) is 63.6 Å². The lowest BCUT2D eigenvalue weighted by molar-refractivity contribution is 0.385. The van der Waals surface area contributed by atoms with Crippen molar-refractivity contribution in [1.82, 2.24) is 15.6 Å². The molecule has 3 aromatic carbocycles. The van der Waals surface area contributed by atoms with Gasteiger partial charge >= 0.3 is 5.76 Å². The maximum absolute atomic E-state index is 11.1. The van der Waals surface area contributed by atoms with E-state index >= 15 is 0 Å². The predicted octanol–water partition coefficient (Wildman–Crippen LogP) is 5.33. The number of fused-ring (bicyclic) bond motifs is 1. The van der Waals surface area contributed by atoms with Gasteiger partial charge in [0.1, 0.15) is 0 Å². The molecular formula is C27H24N4O2. The summed E-state index contributed by atoms with van der Waals surface area (Å²) in [5.41, 5.74) is 15.9. The molecule has 0 bridgehead atoms. The van der Waals surface area contributed by atoms with Crippen molar-refractivity contribution in [2.45, 2.75) is 19.9 Å². The van der Waals surface area contributed by atoms with Gasteiger partial charge in [-0.25, -0.2) is 10.2 Å². The van der Waals surface area contributed by atoms with Crippen molar-refractivity contribution < 1.29 is 4.52 Å². The predicted molar refractivity (Wildman–Crippen MR) is 132 cm³/mol. The molecule has 0 unspecified atom stereocenters. The van der Waals surface area contributed by atoms with E-state index in [4.69, 9.17) is 0 Å². The minimum atomic E-state index is -0.562. The van der Waals surface area contributed by atoms with E-state index in [1.807, 2.05) is 12.1 Å². The maximum atomic E-state index is 11.1. The molecule has 1 aliphatic heterocycles. The number of nitrogens with one attached hydrogen (secondary N) is 3. The topological polar surface area (TPSA) is 83.0 Å². The smallest absolute Gasteiger partial charge is 0.321 e. The molecule has 2 heterocycles. The minimum absolute atomic E-state index is 0.391. The van der Waals surface area contributed by atoms with Gasteiger partial charge < -0.3 is 5.43 Å². The molecule has 0 saturated carbocycles. The zero-order chi connectivity index (χ0) is 22.6. The first-order valence-corrected chi connectivity index (χ1v) is 11.0. The number of hydrazine groups is 1. The van der Waals surface area contributed by atoms with Crippen LogP contribution in [0.1, 0.15) is 47.0 Å². The normalized spacial score (nSPS) is 13.6. The third-order valence-corrected chi connectivity index (χ3v) is 5.76. The number of aromatic amines is 1. The van der Waals surface area contributed by atoms with E-state index in [0.29, 0.717) is 5.82 Å². The Morgan fingerprint density at radius 1 is 0.970 bits per heavy atom.